The van der Waals surface area contributed by atoms with E-state index in [2.05, 4.69) is 35.6 Å². The summed E-state index contributed by atoms with van der Waals surface area (Å²) in [6.07, 6.45) is 0. The fourth-order valence-corrected chi connectivity index (χ4v) is 3.06. The standard InChI is InChI=1S/C21H25NO3.ClH/c1-3-25-20-11-19-15(12-22-21(2,13-23)14-24)7-6-10-17(19)16-8-4-5-9-18(16)20;/h4-11,22-24H,3,12-14H2,1-2H3;1H. The van der Waals surface area contributed by atoms with E-state index in [1.165, 1.54) is 5.39 Å². The fourth-order valence-electron chi connectivity index (χ4n) is 3.06. The van der Waals surface area contributed by atoms with Crippen molar-refractivity contribution >= 4 is 34.0 Å². The summed E-state index contributed by atoms with van der Waals surface area (Å²) in [4.78, 5) is 0. The van der Waals surface area contributed by atoms with Crippen molar-refractivity contribution in [1.29, 1.82) is 0 Å². The molecule has 0 aliphatic rings. The van der Waals surface area contributed by atoms with Gasteiger partial charge in [-0.15, -0.1) is 12.4 Å². The molecule has 0 spiro atoms. The lowest BCUT2D eigenvalue weighted by molar-refractivity contribution is 0.103. The number of aliphatic hydroxyl groups is 2. The van der Waals surface area contributed by atoms with E-state index in [4.69, 9.17) is 4.74 Å². The van der Waals surface area contributed by atoms with Crippen LogP contribution in [0.1, 0.15) is 19.4 Å². The zero-order valence-corrected chi connectivity index (χ0v) is 16.0. The second-order valence-electron chi connectivity index (χ2n) is 6.60. The highest BCUT2D eigenvalue weighted by atomic mass is 35.5. The highest BCUT2D eigenvalue weighted by molar-refractivity contribution is 6.11. The molecule has 0 unspecified atom stereocenters. The lowest BCUT2D eigenvalue weighted by Gasteiger charge is -2.26. The Morgan fingerprint density at radius 3 is 2.19 bits per heavy atom. The first-order valence-electron chi connectivity index (χ1n) is 8.65. The molecule has 0 radical (unpaired) electrons. The van der Waals surface area contributed by atoms with Crippen molar-refractivity contribution in [2.45, 2.75) is 25.9 Å². The number of halogens is 1. The van der Waals surface area contributed by atoms with Crippen LogP contribution in [0.5, 0.6) is 5.75 Å². The molecule has 3 aromatic rings. The molecule has 0 heterocycles. The van der Waals surface area contributed by atoms with Gasteiger partial charge in [0.15, 0.2) is 0 Å². The molecular weight excluding hydrogens is 350 g/mol. The Balaban J connectivity index is 0.00000243. The minimum atomic E-state index is -0.707. The van der Waals surface area contributed by atoms with Crippen LogP contribution in [0, 0.1) is 0 Å². The highest BCUT2D eigenvalue weighted by Gasteiger charge is 2.21. The Kier molecular flexibility index (Phi) is 6.84. The quantitative estimate of drug-likeness (QED) is 0.552. The Morgan fingerprint density at radius 1 is 0.923 bits per heavy atom. The van der Waals surface area contributed by atoms with Gasteiger partial charge in [0.2, 0.25) is 0 Å². The van der Waals surface area contributed by atoms with Gasteiger partial charge in [-0.05, 0) is 41.6 Å². The Labute approximate surface area is 160 Å². The van der Waals surface area contributed by atoms with Crippen molar-refractivity contribution in [3.05, 3.63) is 54.1 Å². The molecule has 140 valence electrons. The van der Waals surface area contributed by atoms with Crippen LogP contribution in [0.25, 0.3) is 21.5 Å². The predicted molar refractivity (Wildman–Crippen MR) is 109 cm³/mol. The molecule has 0 aliphatic carbocycles. The van der Waals surface area contributed by atoms with Crippen LogP contribution in [-0.4, -0.2) is 35.6 Å². The molecule has 5 heteroatoms. The molecular formula is C21H26ClNO3. The Morgan fingerprint density at radius 2 is 1.54 bits per heavy atom. The van der Waals surface area contributed by atoms with Crippen molar-refractivity contribution < 1.29 is 14.9 Å². The van der Waals surface area contributed by atoms with E-state index in [9.17, 15) is 10.2 Å². The van der Waals surface area contributed by atoms with Gasteiger partial charge in [-0.25, -0.2) is 0 Å². The molecule has 0 aliphatic heterocycles. The zero-order chi connectivity index (χ0) is 17.9. The van der Waals surface area contributed by atoms with Crippen LogP contribution in [-0.2, 0) is 6.54 Å². The average molecular weight is 376 g/mol. The monoisotopic (exact) mass is 375 g/mol. The minimum absolute atomic E-state index is 0. The molecule has 0 amide bonds. The lowest BCUT2D eigenvalue weighted by atomic mass is 9.96. The number of ether oxygens (including phenoxy) is 1. The topological polar surface area (TPSA) is 61.7 Å². The van der Waals surface area contributed by atoms with E-state index in [0.29, 0.717) is 13.2 Å². The molecule has 0 aromatic heterocycles. The maximum absolute atomic E-state index is 9.49. The highest BCUT2D eigenvalue weighted by Crippen LogP contribution is 2.35. The first-order valence-corrected chi connectivity index (χ1v) is 8.65. The molecule has 3 aromatic carbocycles. The van der Waals surface area contributed by atoms with Crippen molar-refractivity contribution in [1.82, 2.24) is 5.32 Å². The van der Waals surface area contributed by atoms with Gasteiger partial charge in [-0.3, -0.25) is 0 Å². The SMILES string of the molecule is CCOc1cc2c(CNC(C)(CO)CO)cccc2c2ccccc12.Cl. The largest absolute Gasteiger partial charge is 0.493 e. The van der Waals surface area contributed by atoms with E-state index < -0.39 is 5.54 Å². The van der Waals surface area contributed by atoms with Crippen molar-refractivity contribution in [3.63, 3.8) is 0 Å². The number of aliphatic hydroxyl groups excluding tert-OH is 2. The number of hydrogen-bond acceptors (Lipinski definition) is 4. The summed E-state index contributed by atoms with van der Waals surface area (Å²) < 4.78 is 5.87. The smallest absolute Gasteiger partial charge is 0.127 e. The van der Waals surface area contributed by atoms with Crippen LogP contribution in [0.3, 0.4) is 0 Å². The van der Waals surface area contributed by atoms with Gasteiger partial charge in [0, 0.05) is 11.9 Å². The molecule has 26 heavy (non-hydrogen) atoms. The minimum Gasteiger partial charge on any atom is -0.493 e. The number of nitrogens with one attached hydrogen (secondary N) is 1. The third-order valence-electron chi connectivity index (χ3n) is 4.66. The van der Waals surface area contributed by atoms with E-state index in [0.717, 1.165) is 27.5 Å². The normalized spacial score (nSPS) is 11.5. The van der Waals surface area contributed by atoms with Crippen LogP contribution < -0.4 is 10.1 Å². The summed E-state index contributed by atoms with van der Waals surface area (Å²) >= 11 is 0. The number of benzene rings is 3. The second kappa shape index (κ2) is 8.69. The zero-order valence-electron chi connectivity index (χ0n) is 15.2. The van der Waals surface area contributed by atoms with E-state index in [1.54, 1.807) is 6.92 Å². The van der Waals surface area contributed by atoms with Crippen LogP contribution in [0.4, 0.5) is 0 Å². The summed E-state index contributed by atoms with van der Waals surface area (Å²) in [6.45, 7) is 4.71. The van der Waals surface area contributed by atoms with Gasteiger partial charge in [0.25, 0.3) is 0 Å². The summed E-state index contributed by atoms with van der Waals surface area (Å²) in [5.74, 6) is 0.880. The number of hydrogen-bond donors (Lipinski definition) is 3. The molecule has 0 bridgehead atoms. The van der Waals surface area contributed by atoms with Crippen LogP contribution in [0.15, 0.2) is 48.5 Å². The van der Waals surface area contributed by atoms with Gasteiger partial charge in [-0.2, -0.15) is 0 Å². The average Bonchev–Trinajstić information content (AvgIpc) is 2.66. The third kappa shape index (κ3) is 3.94. The molecule has 3 N–H and O–H groups in total. The fraction of sp³-hybridized carbons (Fsp3) is 0.333. The van der Waals surface area contributed by atoms with Crippen molar-refractivity contribution in [3.8, 4) is 5.75 Å². The predicted octanol–water partition coefficient (Wildman–Crippen LogP) is 3.65. The lowest BCUT2D eigenvalue weighted by Crippen LogP contribution is -2.48. The second-order valence-corrected chi connectivity index (χ2v) is 6.60. The maximum Gasteiger partial charge on any atom is 0.127 e. The summed E-state index contributed by atoms with van der Waals surface area (Å²) in [5, 5.41) is 26.8. The van der Waals surface area contributed by atoms with Crippen molar-refractivity contribution in [2.75, 3.05) is 19.8 Å². The summed E-state index contributed by atoms with van der Waals surface area (Å²) in [5.41, 5.74) is 0.402. The van der Waals surface area contributed by atoms with E-state index in [1.807, 2.05) is 25.1 Å². The summed E-state index contributed by atoms with van der Waals surface area (Å²) in [6, 6.07) is 16.6. The number of fused-ring (bicyclic) bond motifs is 3. The van der Waals surface area contributed by atoms with Gasteiger partial charge < -0.3 is 20.3 Å². The first kappa shape index (κ1) is 20.5. The molecule has 3 rings (SSSR count). The molecule has 4 nitrogen and oxygen atoms in total. The summed E-state index contributed by atoms with van der Waals surface area (Å²) in [7, 11) is 0. The van der Waals surface area contributed by atoms with Crippen LogP contribution in [0.2, 0.25) is 0 Å². The number of rotatable bonds is 7. The molecule has 0 saturated carbocycles. The van der Waals surface area contributed by atoms with Crippen molar-refractivity contribution in [2.24, 2.45) is 0 Å². The molecule has 0 fully saturated rings. The van der Waals surface area contributed by atoms with E-state index >= 15 is 0 Å². The Bertz CT molecular complexity index is 878. The third-order valence-corrected chi connectivity index (χ3v) is 4.66. The van der Waals surface area contributed by atoms with Gasteiger partial charge in [-0.1, -0.05) is 42.5 Å². The van der Waals surface area contributed by atoms with Gasteiger partial charge >= 0.3 is 0 Å². The van der Waals surface area contributed by atoms with Crippen LogP contribution >= 0.6 is 12.4 Å². The Hall–Kier alpha value is -1.85. The molecule has 0 saturated heterocycles. The van der Waals surface area contributed by atoms with Gasteiger partial charge in [0.05, 0.1) is 25.4 Å². The van der Waals surface area contributed by atoms with Gasteiger partial charge in [0.1, 0.15) is 5.75 Å². The van der Waals surface area contributed by atoms with E-state index in [-0.39, 0.29) is 25.6 Å². The first-order chi connectivity index (χ1) is 12.1. The maximum atomic E-state index is 9.49. The molecule has 0 atom stereocenters.